The van der Waals surface area contributed by atoms with Crippen LogP contribution < -0.4 is 0 Å². The van der Waals surface area contributed by atoms with Gasteiger partial charge in [-0.1, -0.05) is 288 Å². The number of carbonyl (C=O) groups excluding carboxylic acids is 3. The van der Waals surface area contributed by atoms with Crippen LogP contribution in [-0.2, 0) is 28.6 Å². The summed E-state index contributed by atoms with van der Waals surface area (Å²) >= 11 is 0. The van der Waals surface area contributed by atoms with E-state index in [2.05, 4.69) is 57.2 Å². The van der Waals surface area contributed by atoms with Gasteiger partial charge in [-0.25, -0.2) is 0 Å². The van der Waals surface area contributed by atoms with Crippen LogP contribution in [0.25, 0.3) is 0 Å². The summed E-state index contributed by atoms with van der Waals surface area (Å²) in [6.07, 6.45) is 68.5. The minimum atomic E-state index is -0.770. The van der Waals surface area contributed by atoms with Gasteiger partial charge in [-0.15, -0.1) is 0 Å². The van der Waals surface area contributed by atoms with Gasteiger partial charge in [-0.2, -0.15) is 0 Å². The second-order valence-electron chi connectivity index (χ2n) is 20.2. The summed E-state index contributed by atoms with van der Waals surface area (Å²) in [5, 5.41) is 0. The highest BCUT2D eigenvalue weighted by atomic mass is 16.6. The first-order valence-electron chi connectivity index (χ1n) is 30.0. The van der Waals surface area contributed by atoms with E-state index in [-0.39, 0.29) is 31.1 Å². The highest BCUT2D eigenvalue weighted by molar-refractivity contribution is 5.71. The van der Waals surface area contributed by atoms with Crippen molar-refractivity contribution in [1.29, 1.82) is 0 Å². The third-order valence-corrected chi connectivity index (χ3v) is 13.4. The molecule has 0 aliphatic rings. The number of hydrogen-bond donors (Lipinski definition) is 0. The summed E-state index contributed by atoms with van der Waals surface area (Å²) in [7, 11) is 0. The van der Waals surface area contributed by atoms with Crippen LogP contribution in [0.2, 0.25) is 0 Å². The van der Waals surface area contributed by atoms with Gasteiger partial charge in [0.1, 0.15) is 13.2 Å². The molecular weight excluding hydrogens is 841 g/mol. The summed E-state index contributed by atoms with van der Waals surface area (Å²) in [5.74, 6) is -0.851. The molecule has 0 rings (SSSR count). The SMILES string of the molecule is CC/C=C\C/C=C\C/C=C\CCCCCCCCCCCC(=O)OCC(COC(=O)CCCCCCCCCCCCCCCCC)OC(=O)CCCCCCCCCCCCCCCCCC. The summed E-state index contributed by atoms with van der Waals surface area (Å²) in [6, 6.07) is 0. The van der Waals surface area contributed by atoms with Crippen molar-refractivity contribution in [2.45, 2.75) is 329 Å². The standard InChI is InChI=1S/C62H114O6/c1-4-7-10-13-16-19-22-25-28-30-31-32-35-37-40-43-46-49-52-55-61(64)67-58-59(57-66-60(63)54-51-48-45-42-39-36-33-27-24-21-18-15-12-9-6-3)68-62(65)56-53-50-47-44-41-38-34-29-26-23-20-17-14-11-8-5-2/h7,10,16,19,25,28,59H,4-6,8-9,11-15,17-18,20-24,26-27,29-58H2,1-3H3/b10-7-,19-16-,28-25-. The normalized spacial score (nSPS) is 12.2. The predicted molar refractivity (Wildman–Crippen MR) is 293 cm³/mol. The number of allylic oxidation sites excluding steroid dienone is 6. The molecule has 0 amide bonds. The number of esters is 3. The first-order valence-corrected chi connectivity index (χ1v) is 30.0. The largest absolute Gasteiger partial charge is 0.462 e. The maximum Gasteiger partial charge on any atom is 0.306 e. The van der Waals surface area contributed by atoms with Gasteiger partial charge in [-0.3, -0.25) is 14.4 Å². The van der Waals surface area contributed by atoms with Crippen LogP contribution in [0.1, 0.15) is 323 Å². The Hall–Kier alpha value is -2.37. The fraction of sp³-hybridized carbons (Fsp3) is 0.855. The average Bonchev–Trinajstić information content (AvgIpc) is 3.34. The van der Waals surface area contributed by atoms with Crippen LogP contribution in [0, 0.1) is 0 Å². The lowest BCUT2D eigenvalue weighted by Gasteiger charge is -2.18. The molecule has 0 aliphatic heterocycles. The van der Waals surface area contributed by atoms with E-state index < -0.39 is 6.10 Å². The summed E-state index contributed by atoms with van der Waals surface area (Å²) in [6.45, 7) is 6.58. The zero-order chi connectivity index (χ0) is 49.3. The number of hydrogen-bond acceptors (Lipinski definition) is 6. The smallest absolute Gasteiger partial charge is 0.306 e. The molecule has 0 bridgehead atoms. The Bertz CT molecular complexity index is 1140. The highest BCUT2D eigenvalue weighted by Gasteiger charge is 2.19. The van der Waals surface area contributed by atoms with E-state index in [4.69, 9.17) is 14.2 Å². The van der Waals surface area contributed by atoms with Crippen molar-refractivity contribution >= 4 is 17.9 Å². The van der Waals surface area contributed by atoms with Crippen molar-refractivity contribution in [3.63, 3.8) is 0 Å². The molecule has 0 aromatic carbocycles. The molecular formula is C62H114O6. The van der Waals surface area contributed by atoms with Crippen LogP contribution in [0.4, 0.5) is 0 Å². The third kappa shape index (κ3) is 54.6. The van der Waals surface area contributed by atoms with Gasteiger partial charge in [0.15, 0.2) is 6.10 Å². The number of rotatable bonds is 55. The second kappa shape index (κ2) is 57.2. The number of ether oxygens (including phenoxy) is 3. The van der Waals surface area contributed by atoms with Crippen LogP contribution in [-0.4, -0.2) is 37.2 Å². The molecule has 1 unspecified atom stereocenters. The molecule has 6 heteroatoms. The summed E-state index contributed by atoms with van der Waals surface area (Å²) < 4.78 is 16.9. The molecule has 0 radical (unpaired) electrons. The van der Waals surface area contributed by atoms with Crippen molar-refractivity contribution in [2.75, 3.05) is 13.2 Å². The minimum Gasteiger partial charge on any atom is -0.462 e. The number of unbranched alkanes of at least 4 members (excludes halogenated alkanes) is 38. The van der Waals surface area contributed by atoms with Crippen LogP contribution >= 0.6 is 0 Å². The molecule has 0 aliphatic carbocycles. The monoisotopic (exact) mass is 955 g/mol. The van der Waals surface area contributed by atoms with E-state index in [0.29, 0.717) is 19.3 Å². The Balaban J connectivity index is 4.32. The molecule has 6 nitrogen and oxygen atoms in total. The molecule has 0 fully saturated rings. The van der Waals surface area contributed by atoms with Crippen molar-refractivity contribution in [3.05, 3.63) is 36.5 Å². The van der Waals surface area contributed by atoms with Crippen molar-refractivity contribution in [1.82, 2.24) is 0 Å². The first-order chi connectivity index (χ1) is 33.5. The van der Waals surface area contributed by atoms with Crippen molar-refractivity contribution < 1.29 is 28.6 Å². The summed E-state index contributed by atoms with van der Waals surface area (Å²) in [4.78, 5) is 38.2. The van der Waals surface area contributed by atoms with Crippen LogP contribution in [0.3, 0.4) is 0 Å². The Kier molecular flexibility index (Phi) is 55.2. The third-order valence-electron chi connectivity index (χ3n) is 13.4. The van der Waals surface area contributed by atoms with Crippen LogP contribution in [0.5, 0.6) is 0 Å². The van der Waals surface area contributed by atoms with E-state index in [9.17, 15) is 14.4 Å². The second-order valence-corrected chi connectivity index (χ2v) is 20.2. The predicted octanol–water partition coefficient (Wildman–Crippen LogP) is 20.0. The van der Waals surface area contributed by atoms with Gasteiger partial charge in [0.2, 0.25) is 0 Å². The van der Waals surface area contributed by atoms with Crippen molar-refractivity contribution in [2.24, 2.45) is 0 Å². The maximum atomic E-state index is 12.9. The minimum absolute atomic E-state index is 0.0682. The number of carbonyl (C=O) groups is 3. The Labute approximate surface area is 423 Å². The first kappa shape index (κ1) is 65.6. The van der Waals surface area contributed by atoms with E-state index in [1.54, 1.807) is 0 Å². The molecule has 0 saturated carbocycles. The molecule has 1 atom stereocenters. The molecule has 0 spiro atoms. The molecule has 0 aromatic heterocycles. The molecule has 0 N–H and O–H groups in total. The van der Waals surface area contributed by atoms with Gasteiger partial charge < -0.3 is 14.2 Å². The zero-order valence-corrected chi connectivity index (χ0v) is 45.6. The molecule has 398 valence electrons. The lowest BCUT2D eigenvalue weighted by atomic mass is 10.0. The van der Waals surface area contributed by atoms with Crippen LogP contribution in [0.15, 0.2) is 36.5 Å². The van der Waals surface area contributed by atoms with Gasteiger partial charge >= 0.3 is 17.9 Å². The van der Waals surface area contributed by atoms with Gasteiger partial charge in [0, 0.05) is 19.3 Å². The average molecular weight is 956 g/mol. The summed E-state index contributed by atoms with van der Waals surface area (Å²) in [5.41, 5.74) is 0. The fourth-order valence-electron chi connectivity index (χ4n) is 8.93. The van der Waals surface area contributed by atoms with E-state index in [1.165, 1.54) is 205 Å². The van der Waals surface area contributed by atoms with Gasteiger partial charge in [-0.05, 0) is 51.4 Å². The lowest BCUT2D eigenvalue weighted by molar-refractivity contribution is -0.167. The van der Waals surface area contributed by atoms with E-state index in [1.807, 2.05) is 0 Å². The zero-order valence-electron chi connectivity index (χ0n) is 45.6. The maximum absolute atomic E-state index is 12.9. The van der Waals surface area contributed by atoms with E-state index >= 15 is 0 Å². The molecule has 0 saturated heterocycles. The fourth-order valence-corrected chi connectivity index (χ4v) is 8.93. The van der Waals surface area contributed by atoms with Gasteiger partial charge in [0.25, 0.3) is 0 Å². The highest BCUT2D eigenvalue weighted by Crippen LogP contribution is 2.17. The molecule has 68 heavy (non-hydrogen) atoms. The quantitative estimate of drug-likeness (QED) is 0.0262. The van der Waals surface area contributed by atoms with E-state index in [0.717, 1.165) is 77.0 Å². The lowest BCUT2D eigenvalue weighted by Crippen LogP contribution is -2.30. The van der Waals surface area contributed by atoms with Gasteiger partial charge in [0.05, 0.1) is 0 Å². The Morgan fingerprint density at radius 2 is 0.574 bits per heavy atom. The molecule has 0 heterocycles. The molecule has 0 aromatic rings. The van der Waals surface area contributed by atoms with Crippen molar-refractivity contribution in [3.8, 4) is 0 Å². The topological polar surface area (TPSA) is 78.9 Å². The Morgan fingerprint density at radius 1 is 0.309 bits per heavy atom. The Morgan fingerprint density at radius 3 is 0.897 bits per heavy atom.